The first-order valence-electron chi connectivity index (χ1n) is 7.71. The van der Waals surface area contributed by atoms with Gasteiger partial charge in [0.2, 0.25) is 5.91 Å². The van der Waals surface area contributed by atoms with Gasteiger partial charge in [-0.25, -0.2) is 0 Å². The van der Waals surface area contributed by atoms with Gasteiger partial charge in [-0.05, 0) is 29.8 Å². The lowest BCUT2D eigenvalue weighted by atomic mass is 9.81. The normalized spacial score (nSPS) is 12.5. The van der Waals surface area contributed by atoms with Gasteiger partial charge in [-0.15, -0.1) is 0 Å². The van der Waals surface area contributed by atoms with E-state index in [9.17, 15) is 14.7 Å². The molecule has 0 aliphatic rings. The fourth-order valence-electron chi connectivity index (χ4n) is 2.47. The van der Waals surface area contributed by atoms with Crippen molar-refractivity contribution in [2.45, 2.75) is 19.9 Å². The molecule has 2 aromatic carbocycles. The van der Waals surface area contributed by atoms with Gasteiger partial charge in [-0.2, -0.15) is 0 Å². The number of benzene rings is 2. The van der Waals surface area contributed by atoms with Crippen LogP contribution in [0.5, 0.6) is 0 Å². The molecule has 2 amide bonds. The van der Waals surface area contributed by atoms with Crippen LogP contribution in [0.4, 0.5) is 0 Å². The highest BCUT2D eigenvalue weighted by atomic mass is 16.3. The quantitative estimate of drug-likeness (QED) is 0.760. The highest BCUT2D eigenvalue weighted by molar-refractivity contribution is 5.97. The molecule has 0 heterocycles. The number of hydrogen-bond donors (Lipinski definition) is 3. The predicted molar refractivity (Wildman–Crippen MR) is 92.5 cm³/mol. The van der Waals surface area contributed by atoms with E-state index in [1.54, 1.807) is 12.1 Å². The van der Waals surface area contributed by atoms with E-state index in [4.69, 9.17) is 5.73 Å². The molecule has 0 spiro atoms. The number of carbonyl (C=O) groups is 2. The van der Waals surface area contributed by atoms with Crippen molar-refractivity contribution in [3.8, 4) is 0 Å². The van der Waals surface area contributed by atoms with Crippen LogP contribution in [0.2, 0.25) is 0 Å². The summed E-state index contributed by atoms with van der Waals surface area (Å²) < 4.78 is 0. The second kappa shape index (κ2) is 7.27. The Balaban J connectivity index is 2.26. The number of aliphatic hydroxyl groups excluding tert-OH is 1. The summed E-state index contributed by atoms with van der Waals surface area (Å²) in [7, 11) is 0. The number of aliphatic hydroxyl groups is 1. The molecule has 5 heteroatoms. The smallest absolute Gasteiger partial charge is 0.251 e. The SMILES string of the molecule is CC(C)(CO)[C@H](NC(=O)c1ccc(C(N)=O)cc1)c1ccccc1. The Morgan fingerprint density at radius 3 is 2.08 bits per heavy atom. The Hall–Kier alpha value is -2.66. The molecule has 0 fully saturated rings. The standard InChI is InChI=1S/C19H22N2O3/c1-19(2,12-22)16(13-6-4-3-5-7-13)21-18(24)15-10-8-14(9-11-15)17(20)23/h3-11,16,22H,12H2,1-2H3,(H2,20,23)(H,21,24)/t16-/m1/s1. The Kier molecular flexibility index (Phi) is 5.36. The molecule has 5 nitrogen and oxygen atoms in total. The van der Waals surface area contributed by atoms with Crippen molar-refractivity contribution in [1.29, 1.82) is 0 Å². The number of primary amides is 1. The summed E-state index contributed by atoms with van der Waals surface area (Å²) in [5, 5.41) is 12.7. The number of rotatable bonds is 6. The molecule has 24 heavy (non-hydrogen) atoms. The van der Waals surface area contributed by atoms with Gasteiger partial charge < -0.3 is 16.2 Å². The Labute approximate surface area is 141 Å². The van der Waals surface area contributed by atoms with Crippen LogP contribution in [0.25, 0.3) is 0 Å². The number of amides is 2. The Bertz CT molecular complexity index is 709. The van der Waals surface area contributed by atoms with Crippen LogP contribution in [-0.4, -0.2) is 23.5 Å². The molecule has 0 aliphatic heterocycles. The molecular weight excluding hydrogens is 304 g/mol. The van der Waals surface area contributed by atoms with Crippen molar-refractivity contribution in [1.82, 2.24) is 5.32 Å². The lowest BCUT2D eigenvalue weighted by molar-refractivity contribution is 0.0808. The third-order valence-electron chi connectivity index (χ3n) is 4.03. The zero-order chi connectivity index (χ0) is 17.7. The van der Waals surface area contributed by atoms with E-state index in [2.05, 4.69) is 5.32 Å². The van der Waals surface area contributed by atoms with Crippen LogP contribution in [0.1, 0.15) is 46.2 Å². The summed E-state index contributed by atoms with van der Waals surface area (Å²) in [5.74, 6) is -0.813. The summed E-state index contributed by atoms with van der Waals surface area (Å²) >= 11 is 0. The molecule has 126 valence electrons. The topological polar surface area (TPSA) is 92.4 Å². The fourth-order valence-corrected chi connectivity index (χ4v) is 2.47. The monoisotopic (exact) mass is 326 g/mol. The summed E-state index contributed by atoms with van der Waals surface area (Å²) in [6.07, 6.45) is 0. The average Bonchev–Trinajstić information content (AvgIpc) is 2.60. The van der Waals surface area contributed by atoms with Crippen LogP contribution >= 0.6 is 0 Å². The van der Waals surface area contributed by atoms with E-state index in [1.807, 2.05) is 44.2 Å². The van der Waals surface area contributed by atoms with E-state index in [-0.39, 0.29) is 18.6 Å². The maximum atomic E-state index is 12.6. The van der Waals surface area contributed by atoms with E-state index >= 15 is 0 Å². The highest BCUT2D eigenvalue weighted by Crippen LogP contribution is 2.33. The van der Waals surface area contributed by atoms with Crippen molar-refractivity contribution < 1.29 is 14.7 Å². The third-order valence-corrected chi connectivity index (χ3v) is 4.03. The first kappa shape index (κ1) is 17.7. The van der Waals surface area contributed by atoms with Crippen molar-refractivity contribution in [2.75, 3.05) is 6.61 Å². The second-order valence-electron chi connectivity index (χ2n) is 6.41. The Morgan fingerprint density at radius 1 is 1.04 bits per heavy atom. The average molecular weight is 326 g/mol. The highest BCUT2D eigenvalue weighted by Gasteiger charge is 2.31. The number of hydrogen-bond acceptors (Lipinski definition) is 3. The Morgan fingerprint density at radius 2 is 1.58 bits per heavy atom. The summed E-state index contributed by atoms with van der Waals surface area (Å²) in [6.45, 7) is 3.70. The zero-order valence-electron chi connectivity index (χ0n) is 13.8. The molecule has 0 saturated carbocycles. The fraction of sp³-hybridized carbons (Fsp3) is 0.263. The second-order valence-corrected chi connectivity index (χ2v) is 6.41. The molecule has 0 aliphatic carbocycles. The molecule has 0 unspecified atom stereocenters. The first-order valence-corrected chi connectivity index (χ1v) is 7.71. The molecule has 0 bridgehead atoms. The van der Waals surface area contributed by atoms with E-state index in [0.717, 1.165) is 5.56 Å². The lowest BCUT2D eigenvalue weighted by Crippen LogP contribution is -2.40. The summed E-state index contributed by atoms with van der Waals surface area (Å²) in [6, 6.07) is 15.3. The van der Waals surface area contributed by atoms with E-state index in [0.29, 0.717) is 11.1 Å². The maximum absolute atomic E-state index is 12.6. The molecular formula is C19H22N2O3. The molecule has 2 rings (SSSR count). The maximum Gasteiger partial charge on any atom is 0.251 e. The van der Waals surface area contributed by atoms with Crippen LogP contribution < -0.4 is 11.1 Å². The van der Waals surface area contributed by atoms with Crippen LogP contribution in [0.15, 0.2) is 54.6 Å². The van der Waals surface area contributed by atoms with Gasteiger partial charge in [0.1, 0.15) is 0 Å². The van der Waals surface area contributed by atoms with Crippen LogP contribution in [0.3, 0.4) is 0 Å². The van der Waals surface area contributed by atoms with Gasteiger partial charge in [-0.3, -0.25) is 9.59 Å². The van der Waals surface area contributed by atoms with Gasteiger partial charge in [0.15, 0.2) is 0 Å². The molecule has 4 N–H and O–H groups in total. The number of carbonyl (C=O) groups excluding carboxylic acids is 2. The van der Waals surface area contributed by atoms with E-state index < -0.39 is 11.3 Å². The third kappa shape index (κ3) is 4.00. The molecule has 1 atom stereocenters. The minimum Gasteiger partial charge on any atom is -0.396 e. The minimum atomic E-state index is -0.538. The van der Waals surface area contributed by atoms with Crippen LogP contribution in [-0.2, 0) is 0 Å². The first-order chi connectivity index (χ1) is 11.3. The van der Waals surface area contributed by atoms with Gasteiger partial charge in [0.05, 0.1) is 12.6 Å². The molecule has 0 radical (unpaired) electrons. The van der Waals surface area contributed by atoms with Crippen LogP contribution in [0, 0.1) is 5.41 Å². The lowest BCUT2D eigenvalue weighted by Gasteiger charge is -2.33. The van der Waals surface area contributed by atoms with Gasteiger partial charge in [0, 0.05) is 16.5 Å². The van der Waals surface area contributed by atoms with Crippen molar-refractivity contribution in [3.05, 3.63) is 71.3 Å². The van der Waals surface area contributed by atoms with Gasteiger partial charge in [0.25, 0.3) is 5.91 Å². The molecule has 0 saturated heterocycles. The van der Waals surface area contributed by atoms with Gasteiger partial charge in [-0.1, -0.05) is 44.2 Å². The van der Waals surface area contributed by atoms with Gasteiger partial charge >= 0.3 is 0 Å². The number of nitrogens with two attached hydrogens (primary N) is 1. The largest absolute Gasteiger partial charge is 0.396 e. The number of nitrogens with one attached hydrogen (secondary N) is 1. The van der Waals surface area contributed by atoms with Crippen molar-refractivity contribution in [3.63, 3.8) is 0 Å². The summed E-state index contributed by atoms with van der Waals surface area (Å²) in [4.78, 5) is 23.7. The van der Waals surface area contributed by atoms with Crippen molar-refractivity contribution >= 4 is 11.8 Å². The molecule has 2 aromatic rings. The zero-order valence-corrected chi connectivity index (χ0v) is 13.8. The van der Waals surface area contributed by atoms with E-state index in [1.165, 1.54) is 12.1 Å². The predicted octanol–water partition coefficient (Wildman–Crippen LogP) is 2.28. The minimum absolute atomic E-state index is 0.0759. The molecule has 0 aromatic heterocycles. The van der Waals surface area contributed by atoms with Crippen molar-refractivity contribution in [2.24, 2.45) is 11.1 Å². The summed E-state index contributed by atoms with van der Waals surface area (Å²) in [5.41, 5.74) is 6.36.